The van der Waals surface area contributed by atoms with Gasteiger partial charge in [0.25, 0.3) is 5.91 Å². The number of amides is 2. The van der Waals surface area contributed by atoms with Gasteiger partial charge >= 0.3 is 0 Å². The molecule has 0 saturated carbocycles. The van der Waals surface area contributed by atoms with Gasteiger partial charge < -0.3 is 10.2 Å². The number of hydrogen-bond donors (Lipinski definition) is 1. The average Bonchev–Trinajstić information content (AvgIpc) is 2.70. The Morgan fingerprint density at radius 2 is 1.86 bits per heavy atom. The maximum Gasteiger partial charge on any atom is 0.251 e. The number of nitrogens with zero attached hydrogens (tertiary/aromatic N) is 2. The van der Waals surface area contributed by atoms with Gasteiger partial charge in [0.2, 0.25) is 5.91 Å². The van der Waals surface area contributed by atoms with Gasteiger partial charge in [0.1, 0.15) is 11.9 Å². The third-order valence-corrected chi connectivity index (χ3v) is 5.44. The zero-order chi connectivity index (χ0) is 21.0. The number of nitrogens with one attached hydrogen (secondary N) is 1. The van der Waals surface area contributed by atoms with Crippen molar-refractivity contribution in [3.8, 4) is 0 Å². The molecule has 5 nitrogen and oxygen atoms in total. The number of carbonyl (C=O) groups excluding carboxylic acids is 2. The van der Waals surface area contributed by atoms with Crippen molar-refractivity contribution in [1.29, 1.82) is 0 Å². The van der Waals surface area contributed by atoms with Crippen LogP contribution >= 0.6 is 11.6 Å². The predicted octanol–water partition coefficient (Wildman–Crippen LogP) is 3.25. The Hall–Kier alpha value is -2.44. The number of benzene rings is 2. The molecule has 1 fully saturated rings. The van der Waals surface area contributed by atoms with E-state index in [1.807, 2.05) is 19.1 Å². The van der Waals surface area contributed by atoms with Crippen molar-refractivity contribution < 1.29 is 14.0 Å². The minimum atomic E-state index is -0.596. The van der Waals surface area contributed by atoms with Crippen LogP contribution in [0.1, 0.15) is 28.4 Å². The van der Waals surface area contributed by atoms with E-state index in [0.717, 1.165) is 11.1 Å². The zero-order valence-electron chi connectivity index (χ0n) is 16.6. The molecule has 1 heterocycles. The van der Waals surface area contributed by atoms with Gasteiger partial charge in [-0.25, -0.2) is 4.39 Å². The van der Waals surface area contributed by atoms with Crippen molar-refractivity contribution in [2.75, 3.05) is 26.2 Å². The van der Waals surface area contributed by atoms with Gasteiger partial charge in [-0.3, -0.25) is 14.5 Å². The highest BCUT2D eigenvalue weighted by Gasteiger charge is 2.26. The van der Waals surface area contributed by atoms with Crippen LogP contribution in [0.2, 0.25) is 5.02 Å². The second kappa shape index (κ2) is 9.37. The normalized spacial score (nSPS) is 15.8. The number of hydrogen-bond acceptors (Lipinski definition) is 3. The molecule has 2 aromatic carbocycles. The minimum Gasteiger partial charge on any atom is -0.341 e. The van der Waals surface area contributed by atoms with Crippen molar-refractivity contribution >= 4 is 23.4 Å². The Morgan fingerprint density at radius 1 is 1.14 bits per heavy atom. The highest BCUT2D eigenvalue weighted by Crippen LogP contribution is 2.20. The Balaban J connectivity index is 1.50. The largest absolute Gasteiger partial charge is 0.341 e. The lowest BCUT2D eigenvalue weighted by Gasteiger charge is -2.36. The lowest BCUT2D eigenvalue weighted by molar-refractivity contribution is -0.134. The Bertz CT molecular complexity index is 897. The molecule has 7 heteroatoms. The monoisotopic (exact) mass is 417 g/mol. The van der Waals surface area contributed by atoms with Gasteiger partial charge in [-0.1, -0.05) is 35.4 Å². The SMILES string of the molecule is Cc1cccc(C(=O)NC(C)C(=O)N2CCN(Cc3ccc(F)cc3Cl)CC2)c1. The Morgan fingerprint density at radius 3 is 2.52 bits per heavy atom. The molecular formula is C22H25ClFN3O2. The van der Waals surface area contributed by atoms with Gasteiger partial charge in [-0.05, 0) is 43.7 Å². The van der Waals surface area contributed by atoms with E-state index in [9.17, 15) is 14.0 Å². The van der Waals surface area contributed by atoms with Crippen LogP contribution in [0.4, 0.5) is 4.39 Å². The zero-order valence-corrected chi connectivity index (χ0v) is 17.4. The van der Waals surface area contributed by atoms with E-state index in [2.05, 4.69) is 10.2 Å². The van der Waals surface area contributed by atoms with Gasteiger partial charge in [0.05, 0.1) is 0 Å². The smallest absolute Gasteiger partial charge is 0.251 e. The lowest BCUT2D eigenvalue weighted by Crippen LogP contribution is -2.53. The maximum atomic E-state index is 13.2. The van der Waals surface area contributed by atoms with Crippen LogP contribution in [-0.4, -0.2) is 53.8 Å². The highest BCUT2D eigenvalue weighted by molar-refractivity contribution is 6.31. The summed E-state index contributed by atoms with van der Waals surface area (Å²) >= 11 is 6.11. The molecule has 2 aromatic rings. The first-order chi connectivity index (χ1) is 13.8. The van der Waals surface area contributed by atoms with Crippen LogP contribution in [-0.2, 0) is 11.3 Å². The first-order valence-electron chi connectivity index (χ1n) is 9.66. The van der Waals surface area contributed by atoms with Gasteiger partial charge in [-0.2, -0.15) is 0 Å². The quantitative estimate of drug-likeness (QED) is 0.812. The summed E-state index contributed by atoms with van der Waals surface area (Å²) < 4.78 is 13.2. The minimum absolute atomic E-state index is 0.0922. The number of halogens is 2. The fourth-order valence-corrected chi connectivity index (χ4v) is 3.65. The van der Waals surface area contributed by atoms with Crippen LogP contribution in [0, 0.1) is 12.7 Å². The second-order valence-electron chi connectivity index (χ2n) is 7.40. The highest BCUT2D eigenvalue weighted by atomic mass is 35.5. The third kappa shape index (κ3) is 5.55. The first-order valence-corrected chi connectivity index (χ1v) is 10.0. The summed E-state index contributed by atoms with van der Waals surface area (Å²) in [6, 6.07) is 11.1. The van der Waals surface area contributed by atoms with Crippen LogP contribution in [0.15, 0.2) is 42.5 Å². The average molecular weight is 418 g/mol. The fourth-order valence-electron chi connectivity index (χ4n) is 3.42. The molecule has 1 unspecified atom stereocenters. The summed E-state index contributed by atoms with van der Waals surface area (Å²) in [4.78, 5) is 29.0. The molecule has 0 aliphatic carbocycles. The molecule has 0 radical (unpaired) electrons. The summed E-state index contributed by atoms with van der Waals surface area (Å²) in [5.41, 5.74) is 2.41. The summed E-state index contributed by atoms with van der Waals surface area (Å²) in [6.45, 7) is 6.77. The molecule has 1 aliphatic rings. The molecule has 2 amide bonds. The van der Waals surface area contributed by atoms with Crippen molar-refractivity contribution in [3.05, 3.63) is 70.0 Å². The van der Waals surface area contributed by atoms with E-state index in [1.165, 1.54) is 12.1 Å². The van der Waals surface area contributed by atoms with Crippen LogP contribution in [0.25, 0.3) is 0 Å². The fraction of sp³-hybridized carbons (Fsp3) is 0.364. The van der Waals surface area contributed by atoms with E-state index >= 15 is 0 Å². The van der Waals surface area contributed by atoms with Crippen molar-refractivity contribution in [1.82, 2.24) is 15.1 Å². The van der Waals surface area contributed by atoms with Crippen LogP contribution in [0.5, 0.6) is 0 Å². The molecule has 3 rings (SSSR count). The molecule has 154 valence electrons. The van der Waals surface area contributed by atoms with E-state index < -0.39 is 6.04 Å². The summed E-state index contributed by atoms with van der Waals surface area (Å²) in [5, 5.41) is 3.20. The summed E-state index contributed by atoms with van der Waals surface area (Å²) in [7, 11) is 0. The standard InChI is InChI=1S/C22H25ClFN3O2/c1-15-4-3-5-17(12-15)21(28)25-16(2)22(29)27-10-8-26(9-11-27)14-18-6-7-19(24)13-20(18)23/h3-7,12-13,16H,8-11,14H2,1-2H3,(H,25,28). The van der Waals surface area contributed by atoms with Gasteiger partial charge in [-0.15, -0.1) is 0 Å². The van der Waals surface area contributed by atoms with Crippen molar-refractivity contribution in [2.45, 2.75) is 26.4 Å². The van der Waals surface area contributed by atoms with Crippen LogP contribution in [0.3, 0.4) is 0 Å². The van der Waals surface area contributed by atoms with Crippen molar-refractivity contribution in [3.63, 3.8) is 0 Å². The van der Waals surface area contributed by atoms with E-state index in [0.29, 0.717) is 43.3 Å². The number of piperazine rings is 1. The van der Waals surface area contributed by atoms with E-state index in [1.54, 1.807) is 30.0 Å². The first kappa shape index (κ1) is 21.3. The molecule has 1 atom stereocenters. The molecule has 29 heavy (non-hydrogen) atoms. The van der Waals surface area contributed by atoms with E-state index in [4.69, 9.17) is 11.6 Å². The summed E-state index contributed by atoms with van der Waals surface area (Å²) in [5.74, 6) is -0.694. The Kier molecular flexibility index (Phi) is 6.87. The molecule has 1 saturated heterocycles. The van der Waals surface area contributed by atoms with Gasteiger partial charge in [0, 0.05) is 43.3 Å². The molecular weight excluding hydrogens is 393 g/mol. The molecule has 1 aliphatic heterocycles. The number of rotatable bonds is 5. The van der Waals surface area contributed by atoms with Crippen molar-refractivity contribution in [2.24, 2.45) is 0 Å². The topological polar surface area (TPSA) is 52.7 Å². The molecule has 0 spiro atoms. The lowest BCUT2D eigenvalue weighted by atomic mass is 10.1. The number of aryl methyl sites for hydroxylation is 1. The molecule has 0 bridgehead atoms. The van der Waals surface area contributed by atoms with Gasteiger partial charge in [0.15, 0.2) is 0 Å². The second-order valence-corrected chi connectivity index (χ2v) is 7.81. The molecule has 0 aromatic heterocycles. The maximum absolute atomic E-state index is 13.2. The third-order valence-electron chi connectivity index (χ3n) is 5.09. The Labute approximate surface area is 175 Å². The van der Waals surface area contributed by atoms with Crippen LogP contribution < -0.4 is 5.32 Å². The summed E-state index contributed by atoms with van der Waals surface area (Å²) in [6.07, 6.45) is 0. The predicted molar refractivity (Wildman–Crippen MR) is 111 cm³/mol. The molecule has 1 N–H and O–H groups in total. The van der Waals surface area contributed by atoms with E-state index in [-0.39, 0.29) is 17.6 Å². The number of carbonyl (C=O) groups is 2.